The summed E-state index contributed by atoms with van der Waals surface area (Å²) < 4.78 is 25.2. The molecular weight excluding hydrogens is 459 g/mol. The number of anilines is 1. The second kappa shape index (κ2) is 11.2. The highest BCUT2D eigenvalue weighted by Crippen LogP contribution is 2.32. The van der Waals surface area contributed by atoms with E-state index in [2.05, 4.69) is 20.4 Å². The zero-order valence-electron chi connectivity index (χ0n) is 18.6. The second-order valence-corrected chi connectivity index (χ2v) is 8.03. The number of aliphatic hydroxyl groups excluding tert-OH is 1. The van der Waals surface area contributed by atoms with Crippen molar-refractivity contribution >= 4 is 17.4 Å². The van der Waals surface area contributed by atoms with E-state index in [4.69, 9.17) is 26.0 Å². The first-order chi connectivity index (χ1) is 16.6. The third kappa shape index (κ3) is 5.41. The van der Waals surface area contributed by atoms with Gasteiger partial charge in [0.05, 0.1) is 11.6 Å². The molecule has 7 nitrogen and oxygen atoms in total. The number of nitrogens with one attached hydrogen (secondary N) is 1. The SMILES string of the molecule is COCc1cc(-c2nc(-c3cnc(NCCCCO)c(Cl)c3)no2)ccc1-c1ccccc1F. The van der Waals surface area contributed by atoms with Crippen molar-refractivity contribution in [3.63, 3.8) is 0 Å². The summed E-state index contributed by atoms with van der Waals surface area (Å²) in [6.07, 6.45) is 3.14. The highest BCUT2D eigenvalue weighted by atomic mass is 35.5. The smallest absolute Gasteiger partial charge is 0.258 e. The van der Waals surface area contributed by atoms with Crippen LogP contribution in [-0.2, 0) is 11.3 Å². The molecule has 4 aromatic rings. The third-order valence-corrected chi connectivity index (χ3v) is 5.51. The van der Waals surface area contributed by atoms with Gasteiger partial charge in [-0.3, -0.25) is 0 Å². The first kappa shape index (κ1) is 23.8. The Labute approximate surface area is 201 Å². The summed E-state index contributed by atoms with van der Waals surface area (Å²) in [6, 6.07) is 13.8. The Morgan fingerprint density at radius 3 is 2.71 bits per heavy atom. The number of aromatic nitrogens is 3. The topological polar surface area (TPSA) is 93.3 Å². The lowest BCUT2D eigenvalue weighted by atomic mass is 9.97. The van der Waals surface area contributed by atoms with Gasteiger partial charge in [-0.25, -0.2) is 9.37 Å². The molecule has 0 aliphatic rings. The number of methoxy groups -OCH3 is 1. The van der Waals surface area contributed by atoms with Crippen LogP contribution in [0, 0.1) is 5.82 Å². The Balaban J connectivity index is 1.57. The molecule has 0 aliphatic carbocycles. The lowest BCUT2D eigenvalue weighted by Gasteiger charge is -2.11. The van der Waals surface area contributed by atoms with E-state index in [-0.39, 0.29) is 12.4 Å². The van der Waals surface area contributed by atoms with Crippen LogP contribution in [0.25, 0.3) is 34.0 Å². The number of hydrogen-bond acceptors (Lipinski definition) is 7. The number of halogens is 2. The molecule has 0 saturated carbocycles. The summed E-state index contributed by atoms with van der Waals surface area (Å²) in [4.78, 5) is 8.84. The van der Waals surface area contributed by atoms with Gasteiger partial charge in [0, 0.05) is 43.1 Å². The first-order valence-corrected chi connectivity index (χ1v) is 11.2. The monoisotopic (exact) mass is 482 g/mol. The fraction of sp³-hybridized carbons (Fsp3) is 0.240. The van der Waals surface area contributed by atoms with E-state index < -0.39 is 0 Å². The molecule has 0 atom stereocenters. The van der Waals surface area contributed by atoms with E-state index in [0.29, 0.717) is 58.8 Å². The number of pyridine rings is 1. The lowest BCUT2D eigenvalue weighted by Crippen LogP contribution is -2.04. The molecule has 0 amide bonds. The number of benzene rings is 2. The number of hydrogen-bond donors (Lipinski definition) is 2. The van der Waals surface area contributed by atoms with Gasteiger partial charge < -0.3 is 19.7 Å². The molecule has 9 heteroatoms. The minimum Gasteiger partial charge on any atom is -0.396 e. The van der Waals surface area contributed by atoms with Crippen molar-refractivity contribution in [3.05, 3.63) is 71.1 Å². The molecule has 2 heterocycles. The molecule has 2 aromatic heterocycles. The largest absolute Gasteiger partial charge is 0.396 e. The summed E-state index contributed by atoms with van der Waals surface area (Å²) in [6.45, 7) is 1.11. The number of nitrogens with zero attached hydrogens (tertiary/aromatic N) is 3. The van der Waals surface area contributed by atoms with Crippen LogP contribution >= 0.6 is 11.6 Å². The molecule has 0 radical (unpaired) electrons. The van der Waals surface area contributed by atoms with E-state index in [9.17, 15) is 4.39 Å². The summed E-state index contributed by atoms with van der Waals surface area (Å²) in [5, 5.41) is 16.5. The fourth-order valence-electron chi connectivity index (χ4n) is 3.54. The standard InChI is InChI=1S/C25H24ClFN4O3/c1-33-15-18-12-16(8-9-19(18)20-6-2-3-7-22(20)27)25-30-23(31-34-25)17-13-21(26)24(29-14-17)28-10-4-5-11-32/h2-3,6-9,12-14,32H,4-5,10-11,15H2,1H3,(H,28,29). The average molecular weight is 483 g/mol. The fourth-order valence-corrected chi connectivity index (χ4v) is 3.77. The minimum absolute atomic E-state index is 0.154. The Bertz CT molecular complexity index is 1260. The zero-order chi connectivity index (χ0) is 23.9. The van der Waals surface area contributed by atoms with Gasteiger partial charge in [-0.05, 0) is 48.2 Å². The maximum Gasteiger partial charge on any atom is 0.258 e. The molecule has 0 aliphatic heterocycles. The number of unbranched alkanes of at least 4 members (excludes halogenated alkanes) is 1. The first-order valence-electron chi connectivity index (χ1n) is 10.8. The molecule has 0 unspecified atom stereocenters. The molecule has 4 rings (SSSR count). The van der Waals surface area contributed by atoms with E-state index in [1.165, 1.54) is 6.07 Å². The molecule has 34 heavy (non-hydrogen) atoms. The quantitative estimate of drug-likeness (QED) is 0.284. The lowest BCUT2D eigenvalue weighted by molar-refractivity contribution is 0.185. The third-order valence-electron chi connectivity index (χ3n) is 5.22. The van der Waals surface area contributed by atoms with Crippen LogP contribution in [0.15, 0.2) is 59.3 Å². The number of ether oxygens (including phenoxy) is 1. The predicted octanol–water partition coefficient (Wildman–Crippen LogP) is 5.59. The van der Waals surface area contributed by atoms with Crippen molar-refractivity contribution < 1.29 is 18.8 Å². The molecular formula is C25H24ClFN4O3. The summed E-state index contributed by atoms with van der Waals surface area (Å²) in [5.41, 5.74) is 3.33. The highest BCUT2D eigenvalue weighted by Gasteiger charge is 2.16. The van der Waals surface area contributed by atoms with Crippen molar-refractivity contribution in [2.24, 2.45) is 0 Å². The number of rotatable bonds is 10. The minimum atomic E-state index is -0.302. The van der Waals surface area contributed by atoms with Gasteiger partial charge in [0.15, 0.2) is 0 Å². The average Bonchev–Trinajstić information content (AvgIpc) is 3.34. The molecule has 176 valence electrons. The molecule has 2 aromatic carbocycles. The van der Waals surface area contributed by atoms with Gasteiger partial charge >= 0.3 is 0 Å². The van der Waals surface area contributed by atoms with Crippen LogP contribution in [0.2, 0.25) is 5.02 Å². The number of aliphatic hydroxyl groups is 1. The Hall–Kier alpha value is -3.33. The van der Waals surface area contributed by atoms with Crippen LogP contribution in [0.1, 0.15) is 18.4 Å². The summed E-state index contributed by atoms with van der Waals surface area (Å²) in [7, 11) is 1.59. The maximum absolute atomic E-state index is 14.4. The van der Waals surface area contributed by atoms with Crippen molar-refractivity contribution in [2.45, 2.75) is 19.4 Å². The van der Waals surface area contributed by atoms with E-state index >= 15 is 0 Å². The second-order valence-electron chi connectivity index (χ2n) is 7.62. The van der Waals surface area contributed by atoms with Crippen LogP contribution in [0.4, 0.5) is 10.2 Å². The van der Waals surface area contributed by atoms with Crippen molar-refractivity contribution in [2.75, 3.05) is 25.6 Å². The predicted molar refractivity (Wildman–Crippen MR) is 129 cm³/mol. The summed E-state index contributed by atoms with van der Waals surface area (Å²) in [5.74, 6) is 0.917. The maximum atomic E-state index is 14.4. The Kier molecular flexibility index (Phi) is 7.84. The zero-order valence-corrected chi connectivity index (χ0v) is 19.3. The van der Waals surface area contributed by atoms with Crippen LogP contribution in [-0.4, -0.2) is 40.5 Å². The highest BCUT2D eigenvalue weighted by molar-refractivity contribution is 6.33. The molecule has 0 bridgehead atoms. The van der Waals surface area contributed by atoms with Crippen molar-refractivity contribution in [1.29, 1.82) is 0 Å². The van der Waals surface area contributed by atoms with Crippen molar-refractivity contribution in [3.8, 4) is 34.0 Å². The van der Waals surface area contributed by atoms with Crippen LogP contribution in [0.3, 0.4) is 0 Å². The molecule has 0 fully saturated rings. The molecule has 0 saturated heterocycles. The van der Waals surface area contributed by atoms with E-state index in [0.717, 1.165) is 17.5 Å². The Morgan fingerprint density at radius 1 is 1.09 bits per heavy atom. The van der Waals surface area contributed by atoms with Gasteiger partial charge in [-0.15, -0.1) is 0 Å². The van der Waals surface area contributed by atoms with Gasteiger partial charge in [-0.1, -0.05) is 41.0 Å². The molecule has 0 spiro atoms. The normalized spacial score (nSPS) is 11.1. The van der Waals surface area contributed by atoms with Gasteiger partial charge in [0.25, 0.3) is 5.89 Å². The van der Waals surface area contributed by atoms with Gasteiger partial charge in [0.1, 0.15) is 11.6 Å². The van der Waals surface area contributed by atoms with Crippen molar-refractivity contribution in [1.82, 2.24) is 15.1 Å². The summed E-state index contributed by atoms with van der Waals surface area (Å²) >= 11 is 6.35. The van der Waals surface area contributed by atoms with Crippen LogP contribution < -0.4 is 5.32 Å². The molecule has 2 N–H and O–H groups in total. The van der Waals surface area contributed by atoms with E-state index in [1.54, 1.807) is 37.6 Å². The van der Waals surface area contributed by atoms with Crippen LogP contribution in [0.5, 0.6) is 0 Å². The van der Waals surface area contributed by atoms with E-state index in [1.807, 2.05) is 18.2 Å². The van der Waals surface area contributed by atoms with Gasteiger partial charge in [-0.2, -0.15) is 4.98 Å². The Morgan fingerprint density at radius 2 is 1.94 bits per heavy atom. The van der Waals surface area contributed by atoms with Gasteiger partial charge in [0.2, 0.25) is 5.82 Å².